The minimum atomic E-state index is 0.149. The quantitative estimate of drug-likeness (QED) is 0.898. The van der Waals surface area contributed by atoms with Crippen LogP contribution in [0.1, 0.15) is 39.3 Å². The third-order valence-electron chi connectivity index (χ3n) is 3.06. The van der Waals surface area contributed by atoms with Crippen LogP contribution < -0.4 is 10.1 Å². The summed E-state index contributed by atoms with van der Waals surface area (Å²) in [6, 6.07) is 9.90. The van der Waals surface area contributed by atoms with Gasteiger partial charge in [-0.25, -0.2) is 9.97 Å². The summed E-state index contributed by atoms with van der Waals surface area (Å²) in [5.74, 6) is 2.75. The highest BCUT2D eigenvalue weighted by Gasteiger charge is 2.10. The minimum absolute atomic E-state index is 0.149. The highest BCUT2D eigenvalue weighted by atomic mass is 16.5. The van der Waals surface area contributed by atoms with Gasteiger partial charge in [-0.05, 0) is 31.9 Å². The first-order valence-corrected chi connectivity index (χ1v) is 7.33. The van der Waals surface area contributed by atoms with Gasteiger partial charge in [0, 0.05) is 24.4 Å². The third-order valence-corrected chi connectivity index (χ3v) is 3.06. The molecule has 0 aliphatic carbocycles. The molecule has 1 N–H and O–H groups in total. The number of nitrogens with zero attached hydrogens (tertiary/aromatic N) is 2. The van der Waals surface area contributed by atoms with E-state index in [2.05, 4.69) is 29.1 Å². The number of anilines is 1. The summed E-state index contributed by atoms with van der Waals surface area (Å²) in [5.41, 5.74) is 1.99. The predicted molar refractivity (Wildman–Crippen MR) is 86.9 cm³/mol. The van der Waals surface area contributed by atoms with Crippen molar-refractivity contribution in [3.05, 3.63) is 36.0 Å². The molecule has 0 saturated carbocycles. The summed E-state index contributed by atoms with van der Waals surface area (Å²) in [7, 11) is 1.87. The van der Waals surface area contributed by atoms with Gasteiger partial charge in [-0.2, -0.15) is 0 Å². The molecule has 0 radical (unpaired) electrons. The summed E-state index contributed by atoms with van der Waals surface area (Å²) in [5, 5.41) is 3.10. The molecule has 1 heterocycles. The molecular formula is C17H23N3O. The average molecular weight is 285 g/mol. The lowest BCUT2D eigenvalue weighted by Crippen LogP contribution is -2.06. The monoisotopic (exact) mass is 285 g/mol. The Hall–Kier alpha value is -2.10. The molecule has 1 aromatic heterocycles. The number of hydrogen-bond donors (Lipinski definition) is 1. The zero-order valence-corrected chi connectivity index (χ0v) is 13.3. The van der Waals surface area contributed by atoms with Gasteiger partial charge in [-0.3, -0.25) is 0 Å². The first-order valence-electron chi connectivity index (χ1n) is 7.33. The van der Waals surface area contributed by atoms with Crippen LogP contribution in [0.15, 0.2) is 30.3 Å². The molecule has 0 spiro atoms. The number of rotatable bonds is 5. The van der Waals surface area contributed by atoms with Crippen LogP contribution in [-0.4, -0.2) is 23.1 Å². The molecule has 0 fully saturated rings. The van der Waals surface area contributed by atoms with E-state index in [4.69, 9.17) is 4.74 Å². The topological polar surface area (TPSA) is 47.0 Å². The van der Waals surface area contributed by atoms with Gasteiger partial charge in [0.25, 0.3) is 0 Å². The molecule has 2 rings (SSSR count). The zero-order chi connectivity index (χ0) is 15.4. The van der Waals surface area contributed by atoms with E-state index in [1.165, 1.54) is 0 Å². The van der Waals surface area contributed by atoms with E-state index in [9.17, 15) is 0 Å². The molecule has 1 aromatic carbocycles. The highest BCUT2D eigenvalue weighted by molar-refractivity contribution is 5.59. The lowest BCUT2D eigenvalue weighted by atomic mass is 10.1. The Labute approximate surface area is 126 Å². The first-order chi connectivity index (χ1) is 9.99. The highest BCUT2D eigenvalue weighted by Crippen LogP contribution is 2.25. The summed E-state index contributed by atoms with van der Waals surface area (Å²) < 4.78 is 5.74. The Morgan fingerprint density at radius 2 is 1.81 bits per heavy atom. The molecule has 0 aliphatic heterocycles. The fourth-order valence-electron chi connectivity index (χ4n) is 2.00. The standard InChI is InChI=1S/C17H23N3O/c1-11(2)15-10-16(18-5)20-17(19-15)13-7-6-8-14(9-13)21-12(3)4/h6-12H,1-5H3,(H,18,19,20). The number of ether oxygens (including phenoxy) is 1. The molecular weight excluding hydrogens is 262 g/mol. The fourth-order valence-corrected chi connectivity index (χ4v) is 2.00. The van der Waals surface area contributed by atoms with Crippen molar-refractivity contribution in [1.82, 2.24) is 9.97 Å². The van der Waals surface area contributed by atoms with Gasteiger partial charge in [-0.1, -0.05) is 26.0 Å². The maximum absolute atomic E-state index is 5.74. The first kappa shape index (κ1) is 15.3. The number of nitrogens with one attached hydrogen (secondary N) is 1. The maximum atomic E-state index is 5.74. The molecule has 0 unspecified atom stereocenters. The van der Waals surface area contributed by atoms with Crippen LogP contribution in [0, 0.1) is 0 Å². The fraction of sp³-hybridized carbons (Fsp3) is 0.412. The molecule has 0 saturated heterocycles. The molecule has 4 heteroatoms. The Morgan fingerprint density at radius 1 is 1.05 bits per heavy atom. The third kappa shape index (κ3) is 3.94. The van der Waals surface area contributed by atoms with Gasteiger partial charge in [-0.15, -0.1) is 0 Å². The van der Waals surface area contributed by atoms with Crippen LogP contribution in [0.25, 0.3) is 11.4 Å². The molecule has 0 amide bonds. The van der Waals surface area contributed by atoms with Crippen LogP contribution in [-0.2, 0) is 0 Å². The Bertz CT molecular complexity index is 609. The molecule has 0 atom stereocenters. The summed E-state index contributed by atoms with van der Waals surface area (Å²) >= 11 is 0. The molecule has 4 nitrogen and oxygen atoms in total. The van der Waals surface area contributed by atoms with Crippen molar-refractivity contribution in [2.75, 3.05) is 12.4 Å². The summed E-state index contributed by atoms with van der Waals surface area (Å²) in [6.07, 6.45) is 0.149. The maximum Gasteiger partial charge on any atom is 0.161 e. The molecule has 0 bridgehead atoms. The van der Waals surface area contributed by atoms with Crippen LogP contribution in [0.4, 0.5) is 5.82 Å². The lowest BCUT2D eigenvalue weighted by Gasteiger charge is -2.12. The van der Waals surface area contributed by atoms with Crippen LogP contribution in [0.2, 0.25) is 0 Å². The Kier molecular flexibility index (Phi) is 4.78. The zero-order valence-electron chi connectivity index (χ0n) is 13.3. The van der Waals surface area contributed by atoms with Crippen LogP contribution in [0.5, 0.6) is 5.75 Å². The van der Waals surface area contributed by atoms with Gasteiger partial charge >= 0.3 is 0 Å². The molecule has 0 aliphatic rings. The number of aromatic nitrogens is 2. The van der Waals surface area contributed by atoms with Crippen molar-refractivity contribution in [3.8, 4) is 17.1 Å². The lowest BCUT2D eigenvalue weighted by molar-refractivity contribution is 0.242. The summed E-state index contributed by atoms with van der Waals surface area (Å²) in [6.45, 7) is 8.29. The van der Waals surface area contributed by atoms with E-state index >= 15 is 0 Å². The second kappa shape index (κ2) is 6.57. The van der Waals surface area contributed by atoms with Gasteiger partial charge in [0.05, 0.1) is 6.10 Å². The normalized spacial score (nSPS) is 11.0. The van der Waals surface area contributed by atoms with E-state index in [0.29, 0.717) is 5.92 Å². The van der Waals surface area contributed by atoms with Crippen molar-refractivity contribution in [2.45, 2.75) is 39.7 Å². The largest absolute Gasteiger partial charge is 0.491 e. The van der Waals surface area contributed by atoms with Crippen molar-refractivity contribution < 1.29 is 4.74 Å². The number of hydrogen-bond acceptors (Lipinski definition) is 4. The smallest absolute Gasteiger partial charge is 0.161 e. The number of benzene rings is 1. The van der Waals surface area contributed by atoms with E-state index in [1.54, 1.807) is 0 Å². The second-order valence-corrected chi connectivity index (χ2v) is 5.60. The Morgan fingerprint density at radius 3 is 2.43 bits per heavy atom. The van der Waals surface area contributed by atoms with Crippen molar-refractivity contribution >= 4 is 5.82 Å². The minimum Gasteiger partial charge on any atom is -0.491 e. The molecule has 2 aromatic rings. The van der Waals surface area contributed by atoms with Gasteiger partial charge in [0.15, 0.2) is 5.82 Å². The van der Waals surface area contributed by atoms with E-state index in [1.807, 2.05) is 51.2 Å². The van der Waals surface area contributed by atoms with E-state index in [-0.39, 0.29) is 6.10 Å². The van der Waals surface area contributed by atoms with E-state index < -0.39 is 0 Å². The van der Waals surface area contributed by atoms with Crippen molar-refractivity contribution in [1.29, 1.82) is 0 Å². The van der Waals surface area contributed by atoms with Crippen LogP contribution >= 0.6 is 0 Å². The van der Waals surface area contributed by atoms with Crippen LogP contribution in [0.3, 0.4) is 0 Å². The van der Waals surface area contributed by atoms with Gasteiger partial charge in [0.2, 0.25) is 0 Å². The second-order valence-electron chi connectivity index (χ2n) is 5.60. The predicted octanol–water partition coefficient (Wildman–Crippen LogP) is 4.10. The SMILES string of the molecule is CNc1cc(C(C)C)nc(-c2cccc(OC(C)C)c2)n1. The van der Waals surface area contributed by atoms with Crippen molar-refractivity contribution in [2.24, 2.45) is 0 Å². The Balaban J connectivity index is 2.43. The molecule has 21 heavy (non-hydrogen) atoms. The van der Waals surface area contributed by atoms with Gasteiger partial charge in [0.1, 0.15) is 11.6 Å². The van der Waals surface area contributed by atoms with E-state index in [0.717, 1.165) is 28.6 Å². The average Bonchev–Trinajstić information content (AvgIpc) is 2.46. The summed E-state index contributed by atoms with van der Waals surface area (Å²) in [4.78, 5) is 9.21. The molecule has 112 valence electrons. The van der Waals surface area contributed by atoms with Gasteiger partial charge < -0.3 is 10.1 Å². The van der Waals surface area contributed by atoms with Crippen molar-refractivity contribution in [3.63, 3.8) is 0 Å².